The predicted molar refractivity (Wildman–Crippen MR) is 57.0 cm³/mol. The van der Waals surface area contributed by atoms with Gasteiger partial charge in [0.2, 0.25) is 0 Å². The Morgan fingerprint density at radius 1 is 1.33 bits per heavy atom. The van der Waals surface area contributed by atoms with Gasteiger partial charge in [-0.1, -0.05) is 12.1 Å². The van der Waals surface area contributed by atoms with Crippen molar-refractivity contribution in [3.05, 3.63) is 29.8 Å². The zero-order valence-electron chi connectivity index (χ0n) is 8.94. The van der Waals surface area contributed by atoms with Crippen LogP contribution < -0.4 is 4.74 Å². The van der Waals surface area contributed by atoms with Crippen molar-refractivity contribution in [2.24, 2.45) is 0 Å². The molecule has 1 aromatic carbocycles. The van der Waals surface area contributed by atoms with Gasteiger partial charge in [-0.25, -0.2) is 0 Å². The second kappa shape index (κ2) is 5.14. The molecule has 0 spiro atoms. The molecule has 0 aromatic heterocycles. The Kier molecular flexibility index (Phi) is 3.59. The van der Waals surface area contributed by atoms with E-state index in [0.717, 1.165) is 12.2 Å². The van der Waals surface area contributed by atoms with Gasteiger partial charge in [-0.05, 0) is 24.6 Å². The zero-order valence-corrected chi connectivity index (χ0v) is 8.94. The molecule has 1 aliphatic rings. The van der Waals surface area contributed by atoms with Crippen LogP contribution in [0.15, 0.2) is 24.3 Å². The first-order chi connectivity index (χ1) is 7.34. The molecule has 1 heterocycles. The monoisotopic (exact) mass is 208 g/mol. The number of hydrogen-bond donors (Lipinski definition) is 0. The summed E-state index contributed by atoms with van der Waals surface area (Å²) in [6.45, 7) is 4.09. The molecule has 0 N–H and O–H groups in total. The predicted octanol–water partition coefficient (Wildman–Crippen LogP) is 2.14. The highest BCUT2D eigenvalue weighted by molar-refractivity contribution is 5.27. The molecular weight excluding hydrogens is 192 g/mol. The van der Waals surface area contributed by atoms with Gasteiger partial charge in [0.05, 0.1) is 19.8 Å². The third-order valence-corrected chi connectivity index (χ3v) is 2.30. The Labute approximate surface area is 90.0 Å². The van der Waals surface area contributed by atoms with Crippen LogP contribution in [0.25, 0.3) is 0 Å². The topological polar surface area (TPSA) is 27.7 Å². The molecule has 0 bridgehead atoms. The summed E-state index contributed by atoms with van der Waals surface area (Å²) < 4.78 is 16.2. The maximum atomic E-state index is 5.59. The van der Waals surface area contributed by atoms with Crippen LogP contribution in [0.5, 0.6) is 5.75 Å². The molecule has 3 nitrogen and oxygen atoms in total. The molecule has 1 aliphatic heterocycles. The highest BCUT2D eigenvalue weighted by atomic mass is 16.7. The van der Waals surface area contributed by atoms with Crippen LogP contribution in [-0.4, -0.2) is 26.1 Å². The smallest absolute Gasteiger partial charge is 0.161 e. The fraction of sp³-hybridized carbons (Fsp3) is 0.500. The van der Waals surface area contributed by atoms with Crippen molar-refractivity contribution in [3.8, 4) is 5.75 Å². The van der Waals surface area contributed by atoms with Gasteiger partial charge < -0.3 is 14.2 Å². The average molecular weight is 208 g/mol. The van der Waals surface area contributed by atoms with Crippen LogP contribution in [0.4, 0.5) is 0 Å². The SMILES string of the molecule is Cc1cccc(OCCC2OCCO2)c1. The fourth-order valence-corrected chi connectivity index (χ4v) is 1.55. The van der Waals surface area contributed by atoms with Gasteiger partial charge in [0.1, 0.15) is 5.75 Å². The number of benzene rings is 1. The summed E-state index contributed by atoms with van der Waals surface area (Å²) in [5, 5.41) is 0. The van der Waals surface area contributed by atoms with E-state index in [1.54, 1.807) is 0 Å². The number of ether oxygens (including phenoxy) is 3. The molecule has 0 amide bonds. The third kappa shape index (κ3) is 3.22. The highest BCUT2D eigenvalue weighted by Crippen LogP contribution is 2.14. The lowest BCUT2D eigenvalue weighted by atomic mass is 10.2. The highest BCUT2D eigenvalue weighted by Gasteiger charge is 2.15. The zero-order chi connectivity index (χ0) is 10.5. The Bertz CT molecular complexity index is 305. The number of hydrogen-bond acceptors (Lipinski definition) is 3. The summed E-state index contributed by atoms with van der Waals surface area (Å²) >= 11 is 0. The third-order valence-electron chi connectivity index (χ3n) is 2.30. The van der Waals surface area contributed by atoms with Crippen molar-refractivity contribution in [2.75, 3.05) is 19.8 Å². The lowest BCUT2D eigenvalue weighted by Crippen LogP contribution is -2.12. The van der Waals surface area contributed by atoms with Crippen molar-refractivity contribution in [1.29, 1.82) is 0 Å². The molecule has 1 aromatic rings. The van der Waals surface area contributed by atoms with Gasteiger partial charge in [-0.15, -0.1) is 0 Å². The lowest BCUT2D eigenvalue weighted by Gasteiger charge is -2.10. The van der Waals surface area contributed by atoms with E-state index >= 15 is 0 Å². The van der Waals surface area contributed by atoms with Crippen molar-refractivity contribution >= 4 is 0 Å². The summed E-state index contributed by atoms with van der Waals surface area (Å²) in [5.74, 6) is 0.910. The van der Waals surface area contributed by atoms with Gasteiger partial charge in [-0.3, -0.25) is 0 Å². The molecule has 1 saturated heterocycles. The first kappa shape index (κ1) is 10.5. The molecule has 82 valence electrons. The maximum Gasteiger partial charge on any atom is 0.161 e. The van der Waals surface area contributed by atoms with Gasteiger partial charge in [0, 0.05) is 6.42 Å². The minimum absolute atomic E-state index is 0.0743. The van der Waals surface area contributed by atoms with E-state index in [1.165, 1.54) is 5.56 Å². The first-order valence-electron chi connectivity index (χ1n) is 5.27. The molecule has 0 atom stereocenters. The molecule has 0 aliphatic carbocycles. The lowest BCUT2D eigenvalue weighted by molar-refractivity contribution is -0.0531. The van der Waals surface area contributed by atoms with E-state index in [4.69, 9.17) is 14.2 Å². The molecule has 3 heteroatoms. The summed E-state index contributed by atoms with van der Waals surface area (Å²) in [4.78, 5) is 0. The van der Waals surface area contributed by atoms with Gasteiger partial charge >= 0.3 is 0 Å². The van der Waals surface area contributed by atoms with Crippen LogP contribution in [0.1, 0.15) is 12.0 Å². The largest absolute Gasteiger partial charge is 0.493 e. The minimum atomic E-state index is -0.0743. The minimum Gasteiger partial charge on any atom is -0.493 e. The maximum absolute atomic E-state index is 5.59. The molecular formula is C12H16O3. The van der Waals surface area contributed by atoms with E-state index < -0.39 is 0 Å². The Morgan fingerprint density at radius 2 is 2.13 bits per heavy atom. The van der Waals surface area contributed by atoms with Gasteiger partial charge in [0.25, 0.3) is 0 Å². The summed E-state index contributed by atoms with van der Waals surface area (Å²) in [7, 11) is 0. The van der Waals surface area contributed by atoms with E-state index in [1.807, 2.05) is 18.2 Å². The molecule has 2 rings (SSSR count). The molecule has 0 radical (unpaired) electrons. The standard InChI is InChI=1S/C12H16O3/c1-10-3-2-4-11(9-10)13-6-5-12-14-7-8-15-12/h2-4,9,12H,5-8H2,1H3. The molecule has 15 heavy (non-hydrogen) atoms. The van der Waals surface area contributed by atoms with Crippen molar-refractivity contribution in [1.82, 2.24) is 0 Å². The van der Waals surface area contributed by atoms with Crippen LogP contribution in [0.3, 0.4) is 0 Å². The van der Waals surface area contributed by atoms with Crippen LogP contribution in [-0.2, 0) is 9.47 Å². The Balaban J connectivity index is 1.73. The second-order valence-electron chi connectivity index (χ2n) is 3.62. The van der Waals surface area contributed by atoms with Crippen molar-refractivity contribution < 1.29 is 14.2 Å². The second-order valence-corrected chi connectivity index (χ2v) is 3.62. The Hall–Kier alpha value is -1.06. The average Bonchev–Trinajstić information content (AvgIpc) is 2.71. The van der Waals surface area contributed by atoms with E-state index in [2.05, 4.69) is 13.0 Å². The molecule has 0 saturated carbocycles. The first-order valence-corrected chi connectivity index (χ1v) is 5.27. The molecule has 0 unspecified atom stereocenters. The van der Waals surface area contributed by atoms with Gasteiger partial charge in [0.15, 0.2) is 6.29 Å². The van der Waals surface area contributed by atoms with E-state index in [9.17, 15) is 0 Å². The van der Waals surface area contributed by atoms with Crippen molar-refractivity contribution in [2.45, 2.75) is 19.6 Å². The number of rotatable bonds is 4. The van der Waals surface area contributed by atoms with E-state index in [-0.39, 0.29) is 6.29 Å². The van der Waals surface area contributed by atoms with Gasteiger partial charge in [-0.2, -0.15) is 0 Å². The number of aryl methyl sites for hydroxylation is 1. The van der Waals surface area contributed by atoms with Crippen LogP contribution in [0.2, 0.25) is 0 Å². The molecule has 1 fully saturated rings. The summed E-state index contributed by atoms with van der Waals surface area (Å²) in [5.41, 5.74) is 1.21. The quantitative estimate of drug-likeness (QED) is 0.758. The van der Waals surface area contributed by atoms with Crippen LogP contribution >= 0.6 is 0 Å². The summed E-state index contributed by atoms with van der Waals surface area (Å²) in [6.07, 6.45) is 0.711. The van der Waals surface area contributed by atoms with E-state index in [0.29, 0.717) is 19.8 Å². The normalized spacial score (nSPS) is 16.9. The fourth-order valence-electron chi connectivity index (χ4n) is 1.55. The Morgan fingerprint density at radius 3 is 2.87 bits per heavy atom. The van der Waals surface area contributed by atoms with Crippen molar-refractivity contribution in [3.63, 3.8) is 0 Å². The van der Waals surface area contributed by atoms with Crippen LogP contribution in [0, 0.1) is 6.92 Å². The summed E-state index contributed by atoms with van der Waals surface area (Å²) in [6, 6.07) is 8.03.